The molecular formula is C32H33N3O7. The van der Waals surface area contributed by atoms with Crippen molar-refractivity contribution >= 4 is 23.3 Å². The summed E-state index contributed by atoms with van der Waals surface area (Å²) in [6.07, 6.45) is 4.39. The van der Waals surface area contributed by atoms with Crippen molar-refractivity contribution in [2.75, 3.05) is 19.8 Å². The summed E-state index contributed by atoms with van der Waals surface area (Å²) in [5.41, 5.74) is 4.53. The molecule has 0 saturated heterocycles. The van der Waals surface area contributed by atoms with E-state index in [9.17, 15) is 19.7 Å². The molecule has 10 nitrogen and oxygen atoms in total. The first-order valence-corrected chi connectivity index (χ1v) is 13.7. The Labute approximate surface area is 244 Å². The number of pyridine rings is 1. The summed E-state index contributed by atoms with van der Waals surface area (Å²) in [6.45, 7) is 5.62. The normalized spacial score (nSPS) is 16.5. The van der Waals surface area contributed by atoms with Gasteiger partial charge in [-0.05, 0) is 55.5 Å². The quantitative estimate of drug-likeness (QED) is 0.123. The molecule has 1 aromatic heterocycles. The Bertz CT molecular complexity index is 1480. The SMILES string of the molecule is CCOC(=O)C1C(C)=NC(C)=C(C(=O)OCCOCc2ccc(Cc3cccnc3)cc2)C1c1cccc([N+](=O)[O-])c1. The minimum absolute atomic E-state index is 0.0247. The molecule has 1 aliphatic rings. The van der Waals surface area contributed by atoms with Crippen molar-refractivity contribution in [2.24, 2.45) is 10.9 Å². The van der Waals surface area contributed by atoms with Crippen LogP contribution in [0.5, 0.6) is 0 Å². The van der Waals surface area contributed by atoms with Gasteiger partial charge in [-0.3, -0.25) is 24.9 Å². The van der Waals surface area contributed by atoms with Crippen LogP contribution in [0.2, 0.25) is 0 Å². The van der Waals surface area contributed by atoms with Gasteiger partial charge in [0.15, 0.2) is 0 Å². The molecule has 0 saturated carbocycles. The van der Waals surface area contributed by atoms with Crippen LogP contribution in [0.25, 0.3) is 0 Å². The van der Waals surface area contributed by atoms with E-state index in [1.807, 2.05) is 42.6 Å². The van der Waals surface area contributed by atoms with E-state index in [-0.39, 0.29) is 31.1 Å². The largest absolute Gasteiger partial charge is 0.465 e. The summed E-state index contributed by atoms with van der Waals surface area (Å²) in [6, 6.07) is 17.9. The zero-order chi connectivity index (χ0) is 30.1. The number of esters is 2. The van der Waals surface area contributed by atoms with Gasteiger partial charge < -0.3 is 14.2 Å². The van der Waals surface area contributed by atoms with Crippen LogP contribution in [0.3, 0.4) is 0 Å². The summed E-state index contributed by atoms with van der Waals surface area (Å²) < 4.78 is 16.6. The molecule has 3 aromatic rings. The molecule has 0 N–H and O–H groups in total. The van der Waals surface area contributed by atoms with Gasteiger partial charge in [0.1, 0.15) is 12.5 Å². The number of aromatic nitrogens is 1. The van der Waals surface area contributed by atoms with Crippen molar-refractivity contribution in [1.82, 2.24) is 4.98 Å². The van der Waals surface area contributed by atoms with E-state index in [4.69, 9.17) is 14.2 Å². The minimum Gasteiger partial charge on any atom is -0.465 e. The minimum atomic E-state index is -0.935. The maximum Gasteiger partial charge on any atom is 0.336 e. The van der Waals surface area contributed by atoms with Crippen LogP contribution in [-0.2, 0) is 36.8 Å². The number of carbonyl (C=O) groups excluding carboxylic acids is 2. The number of non-ortho nitro benzene ring substituents is 1. The molecule has 0 amide bonds. The lowest BCUT2D eigenvalue weighted by atomic mass is 9.75. The van der Waals surface area contributed by atoms with E-state index in [1.54, 1.807) is 33.0 Å². The van der Waals surface area contributed by atoms with Crippen LogP contribution in [0, 0.1) is 16.0 Å². The fraction of sp³-hybridized carbons (Fsp3) is 0.312. The average Bonchev–Trinajstić information content (AvgIpc) is 2.98. The second-order valence-electron chi connectivity index (χ2n) is 9.85. The van der Waals surface area contributed by atoms with Gasteiger partial charge >= 0.3 is 11.9 Å². The maximum absolute atomic E-state index is 13.4. The van der Waals surface area contributed by atoms with E-state index in [0.717, 1.165) is 23.1 Å². The molecule has 1 aliphatic heterocycles. The first-order chi connectivity index (χ1) is 20.3. The maximum atomic E-state index is 13.4. The molecule has 0 bridgehead atoms. The molecule has 0 spiro atoms. The van der Waals surface area contributed by atoms with Gasteiger partial charge in [-0.25, -0.2) is 4.79 Å². The number of nitro groups is 1. The average molecular weight is 572 g/mol. The highest BCUT2D eigenvalue weighted by molar-refractivity contribution is 6.07. The third-order valence-corrected chi connectivity index (χ3v) is 6.91. The highest BCUT2D eigenvalue weighted by atomic mass is 16.6. The lowest BCUT2D eigenvalue weighted by molar-refractivity contribution is -0.384. The summed E-state index contributed by atoms with van der Waals surface area (Å²) in [4.78, 5) is 45.9. The number of carbonyl (C=O) groups is 2. The zero-order valence-corrected chi connectivity index (χ0v) is 23.8. The highest BCUT2D eigenvalue weighted by Gasteiger charge is 2.42. The summed E-state index contributed by atoms with van der Waals surface area (Å²) in [5.74, 6) is -3.03. The molecule has 2 atom stereocenters. The molecule has 2 aromatic carbocycles. The molecule has 2 unspecified atom stereocenters. The third-order valence-electron chi connectivity index (χ3n) is 6.91. The summed E-state index contributed by atoms with van der Waals surface area (Å²) >= 11 is 0. The smallest absolute Gasteiger partial charge is 0.336 e. The fourth-order valence-electron chi connectivity index (χ4n) is 4.98. The number of hydrogen-bond donors (Lipinski definition) is 0. The second-order valence-corrected chi connectivity index (χ2v) is 9.85. The van der Waals surface area contributed by atoms with Gasteiger partial charge in [-0.15, -0.1) is 0 Å². The molecule has 218 valence electrons. The standard InChI is InChI=1S/C32H33N3O7/c1-4-41-31(36)28-21(2)34-22(3)29(30(28)26-8-5-9-27(18-26)35(38)39)32(37)42-16-15-40-20-24-12-10-23(11-13-24)17-25-7-6-14-33-19-25/h5-14,18-19,28,30H,4,15-17,20H2,1-3H3. The topological polar surface area (TPSA) is 130 Å². The van der Waals surface area contributed by atoms with Gasteiger partial charge in [0, 0.05) is 41.9 Å². The Kier molecular flexibility index (Phi) is 10.3. The second kappa shape index (κ2) is 14.3. The number of nitro benzene ring substituents is 1. The zero-order valence-electron chi connectivity index (χ0n) is 23.8. The Hall–Kier alpha value is -4.70. The number of rotatable bonds is 12. The van der Waals surface area contributed by atoms with E-state index in [0.29, 0.717) is 23.6 Å². The van der Waals surface area contributed by atoms with E-state index in [2.05, 4.69) is 9.98 Å². The highest BCUT2D eigenvalue weighted by Crippen LogP contribution is 2.41. The van der Waals surface area contributed by atoms with Crippen LogP contribution in [0.15, 0.2) is 89.3 Å². The number of hydrogen-bond acceptors (Lipinski definition) is 9. The lowest BCUT2D eigenvalue weighted by Crippen LogP contribution is -2.36. The molecule has 2 heterocycles. The molecular weight excluding hydrogens is 538 g/mol. The van der Waals surface area contributed by atoms with E-state index >= 15 is 0 Å². The van der Waals surface area contributed by atoms with Crippen LogP contribution < -0.4 is 0 Å². The number of benzene rings is 2. The van der Waals surface area contributed by atoms with Gasteiger partial charge in [-0.2, -0.15) is 0 Å². The van der Waals surface area contributed by atoms with Crippen LogP contribution in [0.4, 0.5) is 5.69 Å². The van der Waals surface area contributed by atoms with Crippen LogP contribution in [-0.4, -0.2) is 47.4 Å². The first-order valence-electron chi connectivity index (χ1n) is 13.7. The van der Waals surface area contributed by atoms with Crippen molar-refractivity contribution < 1.29 is 28.7 Å². The van der Waals surface area contributed by atoms with Gasteiger partial charge in [-0.1, -0.05) is 42.5 Å². The first kappa shape index (κ1) is 30.3. The molecule has 0 fully saturated rings. The Morgan fingerprint density at radius 2 is 1.71 bits per heavy atom. The van der Waals surface area contributed by atoms with Crippen LogP contribution >= 0.6 is 0 Å². The summed E-state index contributed by atoms with van der Waals surface area (Å²) in [5, 5.41) is 11.5. The summed E-state index contributed by atoms with van der Waals surface area (Å²) in [7, 11) is 0. The fourth-order valence-corrected chi connectivity index (χ4v) is 4.98. The monoisotopic (exact) mass is 571 g/mol. The van der Waals surface area contributed by atoms with Gasteiger partial charge in [0.2, 0.25) is 0 Å². The number of aliphatic imine (C=N–C) groups is 1. The van der Waals surface area contributed by atoms with Crippen molar-refractivity contribution in [2.45, 2.75) is 39.7 Å². The van der Waals surface area contributed by atoms with Crippen molar-refractivity contribution in [3.8, 4) is 0 Å². The Balaban J connectivity index is 1.40. The Morgan fingerprint density at radius 1 is 0.952 bits per heavy atom. The Morgan fingerprint density at radius 3 is 2.40 bits per heavy atom. The molecule has 10 heteroatoms. The van der Waals surface area contributed by atoms with Crippen LogP contribution in [0.1, 0.15) is 48.9 Å². The van der Waals surface area contributed by atoms with Crippen molar-refractivity contribution in [1.29, 1.82) is 0 Å². The predicted molar refractivity (Wildman–Crippen MR) is 156 cm³/mol. The third kappa shape index (κ3) is 7.52. The molecule has 42 heavy (non-hydrogen) atoms. The van der Waals surface area contributed by atoms with E-state index < -0.39 is 28.7 Å². The van der Waals surface area contributed by atoms with E-state index in [1.165, 1.54) is 18.2 Å². The van der Waals surface area contributed by atoms with Crippen molar-refractivity contribution in [3.63, 3.8) is 0 Å². The molecule has 0 radical (unpaired) electrons. The molecule has 0 aliphatic carbocycles. The van der Waals surface area contributed by atoms with Gasteiger partial charge in [0.25, 0.3) is 5.69 Å². The number of allylic oxidation sites excluding steroid dienone is 1. The van der Waals surface area contributed by atoms with Gasteiger partial charge in [0.05, 0.1) is 30.3 Å². The lowest BCUT2D eigenvalue weighted by Gasteiger charge is -2.31. The molecule has 4 rings (SSSR count). The predicted octanol–water partition coefficient (Wildman–Crippen LogP) is 5.35. The van der Waals surface area contributed by atoms with Crippen molar-refractivity contribution in [3.05, 3.63) is 117 Å². The number of ether oxygens (including phenoxy) is 3. The number of nitrogens with zero attached hydrogens (tertiary/aromatic N) is 3.